The molecule has 0 N–H and O–H groups in total. The molecule has 4 fully saturated rings. The Bertz CT molecular complexity index is 709. The first-order valence-electron chi connectivity index (χ1n) is 9.75. The van der Waals surface area contributed by atoms with Crippen molar-refractivity contribution in [1.29, 1.82) is 0 Å². The smallest absolute Gasteiger partial charge is 0.307 e. The summed E-state index contributed by atoms with van der Waals surface area (Å²) in [6.45, 7) is 3.67. The van der Waals surface area contributed by atoms with Crippen LogP contribution < -0.4 is 0 Å². The Kier molecular flexibility index (Phi) is 4.53. The summed E-state index contributed by atoms with van der Waals surface area (Å²) in [6.07, 6.45) is 6.93. The normalized spacial score (nSPS) is 36.0. The maximum atomic E-state index is 12.6. The molecule has 0 heterocycles. The van der Waals surface area contributed by atoms with E-state index >= 15 is 0 Å². The van der Waals surface area contributed by atoms with Crippen LogP contribution in [0.3, 0.4) is 0 Å². The van der Waals surface area contributed by atoms with Crippen molar-refractivity contribution in [2.75, 3.05) is 0 Å². The maximum Gasteiger partial charge on any atom is 0.307 e. The van der Waals surface area contributed by atoms with E-state index in [-0.39, 0.29) is 21.5 Å². The number of ether oxygens (including phenoxy) is 1. The molecular formula is C22H27BrO3. The van der Waals surface area contributed by atoms with Gasteiger partial charge in [-0.3, -0.25) is 9.59 Å². The van der Waals surface area contributed by atoms with Crippen LogP contribution in [-0.2, 0) is 9.53 Å². The summed E-state index contributed by atoms with van der Waals surface area (Å²) in [6, 6.07) is 7.42. The van der Waals surface area contributed by atoms with Crippen molar-refractivity contribution < 1.29 is 14.3 Å². The Morgan fingerprint density at radius 1 is 1.15 bits per heavy atom. The average Bonchev–Trinajstić information content (AvgIpc) is 2.51. The minimum Gasteiger partial charge on any atom is -0.454 e. The summed E-state index contributed by atoms with van der Waals surface area (Å²) in [4.78, 5) is 25.2. The van der Waals surface area contributed by atoms with Crippen LogP contribution >= 0.6 is 15.9 Å². The van der Waals surface area contributed by atoms with E-state index in [0.29, 0.717) is 12.0 Å². The Morgan fingerprint density at radius 3 is 2.35 bits per heavy atom. The van der Waals surface area contributed by atoms with Crippen molar-refractivity contribution in [2.24, 2.45) is 17.3 Å². The van der Waals surface area contributed by atoms with Gasteiger partial charge in [0.1, 0.15) is 0 Å². The molecule has 0 amide bonds. The fourth-order valence-corrected chi connectivity index (χ4v) is 7.60. The zero-order valence-electron chi connectivity index (χ0n) is 15.6. The quantitative estimate of drug-likeness (QED) is 0.373. The molecule has 0 radical (unpaired) electrons. The molecule has 5 atom stereocenters. The fraction of sp³-hybridized carbons (Fsp3) is 0.636. The van der Waals surface area contributed by atoms with Gasteiger partial charge in [-0.15, -0.1) is 0 Å². The molecule has 0 saturated heterocycles. The monoisotopic (exact) mass is 418 g/mol. The molecule has 0 aliphatic heterocycles. The molecule has 4 bridgehead atoms. The van der Waals surface area contributed by atoms with Gasteiger partial charge < -0.3 is 4.74 Å². The number of hydrogen-bond donors (Lipinski definition) is 0. The van der Waals surface area contributed by atoms with Crippen molar-refractivity contribution in [1.82, 2.24) is 0 Å². The number of Topliss-reactive ketones (excluding diaryl/α,β-unsaturated/α-hetero) is 1. The van der Waals surface area contributed by atoms with Crippen LogP contribution in [0.2, 0.25) is 0 Å². The third-order valence-corrected chi connectivity index (χ3v) is 7.57. The van der Waals surface area contributed by atoms with Gasteiger partial charge in [0.25, 0.3) is 0 Å². The van der Waals surface area contributed by atoms with Gasteiger partial charge in [-0.25, -0.2) is 0 Å². The van der Waals surface area contributed by atoms with Crippen LogP contribution in [0.4, 0.5) is 0 Å². The summed E-state index contributed by atoms with van der Waals surface area (Å²) < 4.78 is 5.80. The second-order valence-electron chi connectivity index (χ2n) is 9.15. The van der Waals surface area contributed by atoms with Crippen molar-refractivity contribution in [3.8, 4) is 0 Å². The molecule has 4 aliphatic rings. The van der Waals surface area contributed by atoms with Gasteiger partial charge in [0.15, 0.2) is 6.10 Å². The minimum atomic E-state index is -0.725. The summed E-state index contributed by atoms with van der Waals surface area (Å²) in [5.41, 5.74) is 1.79. The lowest BCUT2D eigenvalue weighted by atomic mass is 9.49. The van der Waals surface area contributed by atoms with Gasteiger partial charge in [0, 0.05) is 9.89 Å². The van der Waals surface area contributed by atoms with Gasteiger partial charge in [0.2, 0.25) is 5.78 Å². The van der Waals surface area contributed by atoms with Crippen LogP contribution in [-0.4, -0.2) is 22.2 Å². The molecule has 4 saturated carbocycles. The summed E-state index contributed by atoms with van der Waals surface area (Å²) in [7, 11) is 0. The largest absolute Gasteiger partial charge is 0.454 e. The van der Waals surface area contributed by atoms with Crippen LogP contribution in [0.15, 0.2) is 24.3 Å². The van der Waals surface area contributed by atoms with E-state index < -0.39 is 6.10 Å². The molecule has 0 spiro atoms. The van der Waals surface area contributed by atoms with Gasteiger partial charge in [0.05, 0.1) is 6.42 Å². The van der Waals surface area contributed by atoms with Crippen molar-refractivity contribution >= 4 is 27.7 Å². The Balaban J connectivity index is 1.39. The maximum absolute atomic E-state index is 12.6. The highest BCUT2D eigenvalue weighted by molar-refractivity contribution is 9.10. The molecule has 26 heavy (non-hydrogen) atoms. The van der Waals surface area contributed by atoms with Gasteiger partial charge >= 0.3 is 5.97 Å². The van der Waals surface area contributed by atoms with Gasteiger partial charge in [-0.1, -0.05) is 45.8 Å². The average molecular weight is 419 g/mol. The molecule has 5 rings (SSSR count). The van der Waals surface area contributed by atoms with Crippen molar-refractivity contribution in [2.45, 2.75) is 69.2 Å². The standard InChI is InChI=1S/C22H27BrO3/c1-14-3-5-18(6-4-14)20(25)15(2)26-19(24)12-21-8-16-7-17(9-21)11-22(23,10-16)13-21/h3-6,15-17H,7-13H2,1-2H3/t15-,16-,17+,21?,22?/m0/s1. The van der Waals surface area contributed by atoms with Gasteiger partial charge in [-0.2, -0.15) is 0 Å². The van der Waals surface area contributed by atoms with E-state index in [1.54, 1.807) is 19.1 Å². The number of carbonyl (C=O) groups is 2. The molecule has 2 unspecified atom stereocenters. The van der Waals surface area contributed by atoms with E-state index in [1.807, 2.05) is 19.1 Å². The first kappa shape index (κ1) is 18.2. The Labute approximate surface area is 164 Å². The number of rotatable bonds is 5. The number of hydrogen-bond acceptors (Lipinski definition) is 3. The summed E-state index contributed by atoms with van der Waals surface area (Å²) in [5, 5.41) is 0. The second-order valence-corrected chi connectivity index (χ2v) is 10.8. The van der Waals surface area contributed by atoms with E-state index in [2.05, 4.69) is 15.9 Å². The van der Waals surface area contributed by atoms with Gasteiger partial charge in [-0.05, 0) is 69.6 Å². The lowest BCUT2D eigenvalue weighted by molar-refractivity contribution is -0.153. The predicted octanol–water partition coefficient (Wildman–Crippen LogP) is 5.23. The first-order valence-corrected chi connectivity index (χ1v) is 10.5. The molecular weight excluding hydrogens is 392 g/mol. The first-order chi connectivity index (χ1) is 12.3. The van der Waals surface area contributed by atoms with Crippen molar-refractivity contribution in [3.63, 3.8) is 0 Å². The third kappa shape index (κ3) is 3.49. The fourth-order valence-electron chi connectivity index (χ4n) is 6.09. The minimum absolute atomic E-state index is 0.0806. The van der Waals surface area contributed by atoms with Crippen LogP contribution in [0, 0.1) is 24.2 Å². The number of alkyl halides is 1. The second kappa shape index (κ2) is 6.47. The van der Waals surface area contributed by atoms with E-state index in [4.69, 9.17) is 4.74 Å². The molecule has 140 valence electrons. The number of carbonyl (C=O) groups excluding carboxylic acids is 2. The van der Waals surface area contributed by atoms with E-state index in [0.717, 1.165) is 36.7 Å². The van der Waals surface area contributed by atoms with Crippen molar-refractivity contribution in [3.05, 3.63) is 35.4 Å². The molecule has 4 heteroatoms. The highest BCUT2D eigenvalue weighted by Crippen LogP contribution is 2.65. The van der Waals surface area contributed by atoms with Crippen LogP contribution in [0.5, 0.6) is 0 Å². The number of aryl methyl sites for hydroxylation is 1. The molecule has 1 aromatic rings. The molecule has 4 aliphatic carbocycles. The lowest BCUT2D eigenvalue weighted by Gasteiger charge is -2.60. The summed E-state index contributed by atoms with van der Waals surface area (Å²) >= 11 is 3.99. The third-order valence-electron chi connectivity index (χ3n) is 6.64. The molecule has 0 aromatic heterocycles. The number of esters is 1. The molecule has 1 aromatic carbocycles. The number of ketones is 1. The SMILES string of the molecule is Cc1ccc(C(=O)[C@H](C)OC(=O)CC23C[C@@H]4C[C@@H](CC(Br)(C4)C2)C3)cc1. The molecule has 3 nitrogen and oxygen atoms in total. The highest BCUT2D eigenvalue weighted by atomic mass is 79.9. The Hall–Kier alpha value is -1.16. The topological polar surface area (TPSA) is 43.4 Å². The number of halogens is 1. The number of benzene rings is 1. The zero-order valence-corrected chi connectivity index (χ0v) is 17.2. The summed E-state index contributed by atoms with van der Waals surface area (Å²) in [5.74, 6) is 1.15. The highest BCUT2D eigenvalue weighted by Gasteiger charge is 2.57. The zero-order chi connectivity index (χ0) is 18.5. The van der Waals surface area contributed by atoms with Crippen LogP contribution in [0.25, 0.3) is 0 Å². The van der Waals surface area contributed by atoms with Crippen LogP contribution in [0.1, 0.15) is 67.8 Å². The van der Waals surface area contributed by atoms with E-state index in [9.17, 15) is 9.59 Å². The Morgan fingerprint density at radius 2 is 1.77 bits per heavy atom. The lowest BCUT2D eigenvalue weighted by Crippen LogP contribution is -2.53. The predicted molar refractivity (Wildman–Crippen MR) is 104 cm³/mol. The van der Waals surface area contributed by atoms with E-state index in [1.165, 1.54) is 19.3 Å².